The van der Waals surface area contributed by atoms with Gasteiger partial charge in [0.1, 0.15) is 6.29 Å². The Kier molecular flexibility index (Phi) is 2.13. The number of aldehydes is 1. The third-order valence-corrected chi connectivity index (χ3v) is 3.98. The Balaban J connectivity index is 2.54. The summed E-state index contributed by atoms with van der Waals surface area (Å²) >= 11 is 2.66. The molecule has 0 aliphatic carbocycles. The third kappa shape index (κ3) is 1.49. The number of fused-ring (bicyclic) bond motifs is 1. The van der Waals surface area contributed by atoms with Crippen molar-refractivity contribution in [2.45, 2.75) is 17.2 Å². The maximum atomic E-state index is 11.0. The van der Waals surface area contributed by atoms with Gasteiger partial charge in [-0.1, -0.05) is 23.1 Å². The van der Waals surface area contributed by atoms with Gasteiger partial charge in [0.15, 0.2) is 0 Å². The highest BCUT2D eigenvalue weighted by molar-refractivity contribution is 8.00. The van der Waals surface area contributed by atoms with Gasteiger partial charge in [0.2, 0.25) is 0 Å². The van der Waals surface area contributed by atoms with E-state index in [1.807, 2.05) is 6.92 Å². The SMILES string of the molecule is C[C@@H]1Sc2[nH]c(=O)sc2C=C1C=O. The van der Waals surface area contributed by atoms with Gasteiger partial charge in [0.05, 0.1) is 9.90 Å². The van der Waals surface area contributed by atoms with Crippen molar-refractivity contribution in [1.29, 1.82) is 0 Å². The quantitative estimate of drug-likeness (QED) is 0.719. The van der Waals surface area contributed by atoms with E-state index in [4.69, 9.17) is 0 Å². The van der Waals surface area contributed by atoms with Crippen LogP contribution < -0.4 is 4.87 Å². The number of carbonyl (C=O) groups is 1. The van der Waals surface area contributed by atoms with Gasteiger partial charge in [-0.05, 0) is 13.0 Å². The molecule has 0 spiro atoms. The molecule has 1 aliphatic heterocycles. The molecule has 0 fully saturated rings. The van der Waals surface area contributed by atoms with Gasteiger partial charge in [0, 0.05) is 10.8 Å². The summed E-state index contributed by atoms with van der Waals surface area (Å²) in [5.74, 6) is 0. The first kappa shape index (κ1) is 8.77. The summed E-state index contributed by atoms with van der Waals surface area (Å²) in [7, 11) is 0. The highest BCUT2D eigenvalue weighted by Crippen LogP contribution is 2.35. The molecule has 0 bridgehead atoms. The highest BCUT2D eigenvalue weighted by Gasteiger charge is 2.20. The second-order valence-corrected chi connectivity index (χ2v) is 5.10. The van der Waals surface area contributed by atoms with Gasteiger partial charge in [0.25, 0.3) is 0 Å². The number of thiazole rings is 1. The maximum Gasteiger partial charge on any atom is 0.305 e. The number of nitrogens with one attached hydrogen (secondary N) is 1. The van der Waals surface area contributed by atoms with Crippen LogP contribution in [0.2, 0.25) is 0 Å². The van der Waals surface area contributed by atoms with E-state index in [1.54, 1.807) is 6.08 Å². The van der Waals surface area contributed by atoms with Crippen LogP contribution in [-0.2, 0) is 4.79 Å². The molecule has 2 rings (SSSR count). The van der Waals surface area contributed by atoms with Gasteiger partial charge in [-0.15, -0.1) is 0 Å². The molecule has 1 aromatic heterocycles. The van der Waals surface area contributed by atoms with Crippen molar-refractivity contribution in [2.75, 3.05) is 0 Å². The van der Waals surface area contributed by atoms with Crippen molar-refractivity contribution in [3.63, 3.8) is 0 Å². The smallest absolute Gasteiger partial charge is 0.305 e. The molecule has 0 aromatic carbocycles. The summed E-state index contributed by atoms with van der Waals surface area (Å²) < 4.78 is 0. The fourth-order valence-electron chi connectivity index (χ4n) is 1.15. The van der Waals surface area contributed by atoms with Gasteiger partial charge >= 0.3 is 4.87 Å². The van der Waals surface area contributed by atoms with Crippen LogP contribution in [0.3, 0.4) is 0 Å². The molecule has 0 unspecified atom stereocenters. The minimum absolute atomic E-state index is 0.0619. The van der Waals surface area contributed by atoms with Crippen LogP contribution in [0, 0.1) is 0 Å². The lowest BCUT2D eigenvalue weighted by atomic mass is 10.2. The van der Waals surface area contributed by atoms with E-state index in [1.165, 1.54) is 11.8 Å². The van der Waals surface area contributed by atoms with Crippen molar-refractivity contribution in [1.82, 2.24) is 4.98 Å². The molecule has 1 aliphatic rings. The molecule has 1 N–H and O–H groups in total. The van der Waals surface area contributed by atoms with E-state index in [-0.39, 0.29) is 10.1 Å². The molecule has 1 aromatic rings. The van der Waals surface area contributed by atoms with E-state index in [2.05, 4.69) is 4.98 Å². The van der Waals surface area contributed by atoms with E-state index >= 15 is 0 Å². The number of thioether (sulfide) groups is 1. The Hall–Kier alpha value is -0.810. The molecule has 13 heavy (non-hydrogen) atoms. The molecule has 0 saturated heterocycles. The summed E-state index contributed by atoms with van der Waals surface area (Å²) in [6, 6.07) is 0. The highest BCUT2D eigenvalue weighted by atomic mass is 32.2. The maximum absolute atomic E-state index is 11.0. The Labute approximate surface area is 82.9 Å². The predicted molar refractivity (Wildman–Crippen MR) is 54.3 cm³/mol. The van der Waals surface area contributed by atoms with Crippen molar-refractivity contribution < 1.29 is 4.79 Å². The van der Waals surface area contributed by atoms with E-state index in [9.17, 15) is 9.59 Å². The summed E-state index contributed by atoms with van der Waals surface area (Å²) in [4.78, 5) is 25.2. The van der Waals surface area contributed by atoms with Crippen LogP contribution in [0.25, 0.3) is 6.08 Å². The number of carbonyl (C=O) groups excluding carboxylic acids is 1. The molecule has 0 radical (unpaired) electrons. The van der Waals surface area contributed by atoms with Crippen molar-refractivity contribution in [3.05, 3.63) is 20.1 Å². The van der Waals surface area contributed by atoms with Crippen LogP contribution >= 0.6 is 23.1 Å². The monoisotopic (exact) mass is 213 g/mol. The van der Waals surface area contributed by atoms with Crippen LogP contribution in [-0.4, -0.2) is 16.5 Å². The lowest BCUT2D eigenvalue weighted by Crippen LogP contribution is -2.06. The number of rotatable bonds is 1. The minimum atomic E-state index is -0.0619. The zero-order valence-electron chi connectivity index (χ0n) is 6.87. The average Bonchev–Trinajstić information content (AvgIpc) is 2.42. The zero-order chi connectivity index (χ0) is 9.42. The summed E-state index contributed by atoms with van der Waals surface area (Å²) in [5, 5.41) is 1.02. The number of aromatic amines is 1. The van der Waals surface area contributed by atoms with Crippen molar-refractivity contribution >= 4 is 35.5 Å². The molecular weight excluding hydrogens is 206 g/mol. The second-order valence-electron chi connectivity index (χ2n) is 2.73. The Morgan fingerprint density at radius 1 is 1.62 bits per heavy atom. The molecule has 3 nitrogen and oxygen atoms in total. The number of hydrogen-bond acceptors (Lipinski definition) is 4. The third-order valence-electron chi connectivity index (χ3n) is 1.84. The largest absolute Gasteiger partial charge is 0.307 e. The number of H-pyrrole nitrogens is 1. The molecule has 0 saturated carbocycles. The van der Waals surface area contributed by atoms with Gasteiger partial charge in [-0.25, -0.2) is 0 Å². The number of hydrogen-bond donors (Lipinski definition) is 1. The zero-order valence-corrected chi connectivity index (χ0v) is 8.50. The first-order chi connectivity index (χ1) is 6.20. The lowest BCUT2D eigenvalue weighted by Gasteiger charge is -2.14. The number of aromatic nitrogens is 1. The van der Waals surface area contributed by atoms with Crippen molar-refractivity contribution in [2.24, 2.45) is 0 Å². The average molecular weight is 213 g/mol. The second kappa shape index (κ2) is 3.16. The van der Waals surface area contributed by atoms with Crippen molar-refractivity contribution in [3.8, 4) is 0 Å². The van der Waals surface area contributed by atoms with E-state index in [0.29, 0.717) is 0 Å². The predicted octanol–water partition coefficient (Wildman–Crippen LogP) is 1.51. The van der Waals surface area contributed by atoms with Gasteiger partial charge < -0.3 is 4.98 Å². The Morgan fingerprint density at radius 2 is 2.38 bits per heavy atom. The molecular formula is C8H7NO2S2. The molecule has 1 atom stereocenters. The first-order valence-electron chi connectivity index (χ1n) is 3.77. The lowest BCUT2D eigenvalue weighted by molar-refractivity contribution is -0.104. The topological polar surface area (TPSA) is 49.9 Å². The van der Waals surface area contributed by atoms with Crippen LogP contribution in [0.5, 0.6) is 0 Å². The van der Waals surface area contributed by atoms with Crippen LogP contribution in [0.4, 0.5) is 0 Å². The van der Waals surface area contributed by atoms with Gasteiger partial charge in [-0.2, -0.15) is 0 Å². The molecule has 0 amide bonds. The van der Waals surface area contributed by atoms with E-state index < -0.39 is 0 Å². The van der Waals surface area contributed by atoms with Gasteiger partial charge in [-0.3, -0.25) is 9.59 Å². The first-order valence-corrected chi connectivity index (χ1v) is 5.47. The van der Waals surface area contributed by atoms with Crippen LogP contribution in [0.1, 0.15) is 11.8 Å². The molecule has 5 heteroatoms. The van der Waals surface area contributed by atoms with Crippen LogP contribution in [0.15, 0.2) is 15.4 Å². The Bertz CT molecular complexity index is 430. The summed E-state index contributed by atoms with van der Waals surface area (Å²) in [5.41, 5.74) is 0.743. The minimum Gasteiger partial charge on any atom is -0.307 e. The molecule has 68 valence electrons. The summed E-state index contributed by atoms with van der Waals surface area (Å²) in [6.45, 7) is 1.95. The summed E-state index contributed by atoms with van der Waals surface area (Å²) in [6.07, 6.45) is 2.64. The van der Waals surface area contributed by atoms with E-state index in [0.717, 1.165) is 33.1 Å². The Morgan fingerprint density at radius 3 is 3.08 bits per heavy atom. The fraction of sp³-hybridized carbons (Fsp3) is 0.250. The molecule has 2 heterocycles. The standard InChI is InChI=1S/C8H7NO2S2/c1-4-5(3-10)2-6-7(12-4)9-8(11)13-6/h2-4H,1H3,(H,9,11)/t4-/m0/s1. The normalized spacial score (nSPS) is 20.7. The fourth-order valence-corrected chi connectivity index (χ4v) is 3.12.